The summed E-state index contributed by atoms with van der Waals surface area (Å²) in [6.07, 6.45) is 0.809. The fourth-order valence-electron chi connectivity index (χ4n) is 2.09. The number of para-hydroxylation sites is 1. The van der Waals surface area contributed by atoms with Crippen molar-refractivity contribution in [1.82, 2.24) is 0 Å². The highest BCUT2D eigenvalue weighted by Crippen LogP contribution is 2.33. The highest BCUT2D eigenvalue weighted by Gasteiger charge is 2.34. The van der Waals surface area contributed by atoms with E-state index in [9.17, 15) is 4.79 Å². The molecule has 0 amide bonds. The van der Waals surface area contributed by atoms with E-state index in [1.165, 1.54) is 0 Å². The normalized spacial score (nSPS) is 19.5. The Kier molecular flexibility index (Phi) is 1.78. The zero-order valence-electron chi connectivity index (χ0n) is 8.27. The van der Waals surface area contributed by atoms with E-state index in [2.05, 4.69) is 4.90 Å². The largest absolute Gasteiger partial charge is 0.470 e. The molecule has 2 aliphatic heterocycles. The lowest BCUT2D eigenvalue weighted by atomic mass is 10.2. The first-order chi connectivity index (χ1) is 7.36. The minimum atomic E-state index is 0.142. The maximum atomic E-state index is 11.4. The third-order valence-corrected chi connectivity index (χ3v) is 2.83. The van der Waals surface area contributed by atoms with E-state index in [1.54, 1.807) is 0 Å². The number of Topliss-reactive ketones (excluding diaryl/α,β-unsaturated/α-hetero) is 1. The van der Waals surface area contributed by atoms with Crippen molar-refractivity contribution in [3.05, 3.63) is 41.8 Å². The van der Waals surface area contributed by atoms with Gasteiger partial charge in [-0.25, -0.2) is 0 Å². The Balaban J connectivity index is 1.98. The van der Waals surface area contributed by atoms with Gasteiger partial charge in [-0.15, -0.1) is 0 Å². The van der Waals surface area contributed by atoms with Crippen LogP contribution in [0.25, 0.3) is 0 Å². The lowest BCUT2D eigenvalue weighted by molar-refractivity contribution is -0.116. The van der Waals surface area contributed by atoms with Gasteiger partial charge >= 0.3 is 0 Å². The fourth-order valence-corrected chi connectivity index (χ4v) is 2.09. The molecule has 0 aliphatic carbocycles. The predicted molar refractivity (Wildman–Crippen MR) is 56.4 cm³/mol. The van der Waals surface area contributed by atoms with Crippen LogP contribution in [0.3, 0.4) is 0 Å². The Morgan fingerprint density at radius 2 is 2.00 bits per heavy atom. The van der Waals surface area contributed by atoms with E-state index in [1.807, 2.05) is 30.3 Å². The van der Waals surface area contributed by atoms with Crippen LogP contribution in [0.4, 0.5) is 5.69 Å². The topological polar surface area (TPSA) is 29.5 Å². The van der Waals surface area contributed by atoms with Gasteiger partial charge in [-0.1, -0.05) is 18.2 Å². The molecule has 0 atom stereocenters. The van der Waals surface area contributed by atoms with Gasteiger partial charge in [0, 0.05) is 12.2 Å². The number of ketones is 1. The summed E-state index contributed by atoms with van der Waals surface area (Å²) in [4.78, 5) is 13.5. The molecule has 0 radical (unpaired) electrons. The van der Waals surface area contributed by atoms with Crippen molar-refractivity contribution < 1.29 is 9.53 Å². The van der Waals surface area contributed by atoms with Crippen molar-refractivity contribution in [1.29, 1.82) is 0 Å². The third kappa shape index (κ3) is 1.23. The average molecular weight is 201 g/mol. The molecule has 1 aromatic carbocycles. The van der Waals surface area contributed by atoms with Crippen LogP contribution in [-0.2, 0) is 9.53 Å². The molecule has 0 bridgehead atoms. The quantitative estimate of drug-likeness (QED) is 0.692. The number of benzene rings is 1. The van der Waals surface area contributed by atoms with Crippen LogP contribution in [0.5, 0.6) is 0 Å². The standard InChI is InChI=1S/C12H11NO2/c14-11-8-15-12-10(11)6-7-13(12)9-4-2-1-3-5-9/h1-5H,6-8H2. The second-order valence-electron chi connectivity index (χ2n) is 3.73. The number of carbonyl (C=O) groups excluding carboxylic acids is 1. The summed E-state index contributed by atoms with van der Waals surface area (Å²) in [5.74, 6) is 0.912. The van der Waals surface area contributed by atoms with E-state index in [4.69, 9.17) is 4.74 Å². The maximum Gasteiger partial charge on any atom is 0.201 e. The number of hydrogen-bond acceptors (Lipinski definition) is 3. The first-order valence-electron chi connectivity index (χ1n) is 5.08. The summed E-state index contributed by atoms with van der Waals surface area (Å²) >= 11 is 0. The lowest BCUT2D eigenvalue weighted by Gasteiger charge is -2.20. The molecule has 2 aliphatic rings. The van der Waals surface area contributed by atoms with Crippen LogP contribution < -0.4 is 4.90 Å². The zero-order valence-corrected chi connectivity index (χ0v) is 8.27. The Morgan fingerprint density at radius 1 is 1.20 bits per heavy atom. The minimum absolute atomic E-state index is 0.142. The molecular formula is C12H11NO2. The molecule has 0 aromatic heterocycles. The average Bonchev–Trinajstić information content (AvgIpc) is 2.83. The highest BCUT2D eigenvalue weighted by molar-refractivity contribution is 6.00. The van der Waals surface area contributed by atoms with E-state index in [0.29, 0.717) is 0 Å². The summed E-state index contributed by atoms with van der Waals surface area (Å²) in [6, 6.07) is 10.0. The Hall–Kier alpha value is -1.77. The fraction of sp³-hybridized carbons (Fsp3) is 0.250. The maximum absolute atomic E-state index is 11.4. The van der Waals surface area contributed by atoms with E-state index >= 15 is 0 Å². The minimum Gasteiger partial charge on any atom is -0.470 e. The van der Waals surface area contributed by atoms with Gasteiger partial charge in [0.1, 0.15) is 0 Å². The Labute approximate surface area is 88.0 Å². The molecule has 3 heteroatoms. The van der Waals surface area contributed by atoms with Gasteiger partial charge in [-0.3, -0.25) is 4.79 Å². The number of ether oxygens (including phenoxy) is 1. The molecule has 0 spiro atoms. The van der Waals surface area contributed by atoms with Crippen molar-refractivity contribution in [3.63, 3.8) is 0 Å². The molecule has 3 rings (SSSR count). The molecule has 3 nitrogen and oxygen atoms in total. The van der Waals surface area contributed by atoms with Crippen LogP contribution >= 0.6 is 0 Å². The Morgan fingerprint density at radius 3 is 2.80 bits per heavy atom. The second-order valence-corrected chi connectivity index (χ2v) is 3.73. The van der Waals surface area contributed by atoms with Gasteiger partial charge in [0.15, 0.2) is 6.61 Å². The van der Waals surface area contributed by atoms with Crippen molar-refractivity contribution in [2.24, 2.45) is 0 Å². The number of anilines is 1. The van der Waals surface area contributed by atoms with Crippen LogP contribution in [0.1, 0.15) is 6.42 Å². The van der Waals surface area contributed by atoms with Crippen LogP contribution in [0.15, 0.2) is 41.8 Å². The summed E-state index contributed by atoms with van der Waals surface area (Å²) in [5.41, 5.74) is 1.95. The van der Waals surface area contributed by atoms with Gasteiger partial charge in [0.05, 0.1) is 5.57 Å². The van der Waals surface area contributed by atoms with Crippen molar-refractivity contribution >= 4 is 11.5 Å². The van der Waals surface area contributed by atoms with Gasteiger partial charge in [0.25, 0.3) is 0 Å². The Bertz CT molecular complexity index is 436. The first kappa shape index (κ1) is 8.53. The number of carbonyl (C=O) groups is 1. The molecule has 0 saturated heterocycles. The number of nitrogens with zero attached hydrogens (tertiary/aromatic N) is 1. The first-order valence-corrected chi connectivity index (χ1v) is 5.08. The number of rotatable bonds is 1. The van der Waals surface area contributed by atoms with E-state index < -0.39 is 0 Å². The van der Waals surface area contributed by atoms with Crippen molar-refractivity contribution in [2.75, 3.05) is 18.1 Å². The molecule has 76 valence electrons. The molecule has 1 aromatic rings. The summed E-state index contributed by atoms with van der Waals surface area (Å²) in [6.45, 7) is 1.06. The van der Waals surface area contributed by atoms with Gasteiger partial charge in [-0.05, 0) is 18.6 Å². The highest BCUT2D eigenvalue weighted by atomic mass is 16.5. The van der Waals surface area contributed by atoms with E-state index in [-0.39, 0.29) is 12.4 Å². The van der Waals surface area contributed by atoms with Gasteiger partial charge in [-0.2, -0.15) is 0 Å². The summed E-state index contributed by atoms with van der Waals surface area (Å²) in [5, 5.41) is 0. The smallest absolute Gasteiger partial charge is 0.201 e. The summed E-state index contributed by atoms with van der Waals surface area (Å²) < 4.78 is 5.41. The van der Waals surface area contributed by atoms with E-state index in [0.717, 1.165) is 30.1 Å². The predicted octanol–water partition coefficient (Wildman–Crippen LogP) is 1.71. The van der Waals surface area contributed by atoms with Gasteiger partial charge < -0.3 is 9.64 Å². The molecule has 0 N–H and O–H groups in total. The van der Waals surface area contributed by atoms with Crippen molar-refractivity contribution in [2.45, 2.75) is 6.42 Å². The number of hydrogen-bond donors (Lipinski definition) is 0. The monoisotopic (exact) mass is 201 g/mol. The molecule has 0 unspecified atom stereocenters. The SMILES string of the molecule is O=C1COC2=C1CCN2c1ccccc1. The van der Waals surface area contributed by atoms with Crippen LogP contribution in [0, 0.1) is 0 Å². The van der Waals surface area contributed by atoms with Gasteiger partial charge in [0.2, 0.25) is 11.7 Å². The molecule has 0 saturated carbocycles. The second kappa shape index (κ2) is 3.12. The lowest BCUT2D eigenvalue weighted by Crippen LogP contribution is -2.20. The third-order valence-electron chi connectivity index (χ3n) is 2.83. The summed E-state index contributed by atoms with van der Waals surface area (Å²) in [7, 11) is 0. The van der Waals surface area contributed by atoms with Crippen LogP contribution in [-0.4, -0.2) is 18.9 Å². The van der Waals surface area contributed by atoms with Crippen molar-refractivity contribution in [3.8, 4) is 0 Å². The molecular weight excluding hydrogens is 190 g/mol. The zero-order chi connectivity index (χ0) is 10.3. The molecule has 15 heavy (non-hydrogen) atoms. The van der Waals surface area contributed by atoms with Crippen LogP contribution in [0.2, 0.25) is 0 Å². The molecule has 2 heterocycles. The molecule has 0 fully saturated rings.